The molecular formula is C13H26N4. The third kappa shape index (κ3) is 4.48. The van der Waals surface area contributed by atoms with Gasteiger partial charge in [0.05, 0.1) is 5.69 Å². The van der Waals surface area contributed by atoms with Gasteiger partial charge < -0.3 is 5.73 Å². The van der Waals surface area contributed by atoms with Crippen LogP contribution in [0.25, 0.3) is 0 Å². The molecule has 0 bridgehead atoms. The zero-order valence-corrected chi connectivity index (χ0v) is 11.8. The van der Waals surface area contributed by atoms with Crippen LogP contribution in [0.15, 0.2) is 12.3 Å². The van der Waals surface area contributed by atoms with Gasteiger partial charge in [0.1, 0.15) is 0 Å². The van der Waals surface area contributed by atoms with E-state index in [1.54, 1.807) is 0 Å². The van der Waals surface area contributed by atoms with Crippen LogP contribution in [0.3, 0.4) is 0 Å². The summed E-state index contributed by atoms with van der Waals surface area (Å²) in [6, 6.07) is 2.51. The van der Waals surface area contributed by atoms with Gasteiger partial charge in [0.15, 0.2) is 0 Å². The van der Waals surface area contributed by atoms with Crippen molar-refractivity contribution in [2.45, 2.75) is 40.3 Å². The summed E-state index contributed by atoms with van der Waals surface area (Å²) < 4.78 is 2.00. The largest absolute Gasteiger partial charge is 0.330 e. The third-order valence-electron chi connectivity index (χ3n) is 2.88. The fraction of sp³-hybridized carbons (Fsp3) is 0.769. The Balaban J connectivity index is 2.53. The smallest absolute Gasteiger partial charge is 0.0764 e. The second-order valence-corrected chi connectivity index (χ2v) is 5.92. The first kappa shape index (κ1) is 14.2. The molecule has 0 aliphatic heterocycles. The zero-order chi connectivity index (χ0) is 13.1. The van der Waals surface area contributed by atoms with E-state index in [0.29, 0.717) is 12.6 Å². The molecule has 0 saturated carbocycles. The van der Waals surface area contributed by atoms with E-state index in [4.69, 9.17) is 5.73 Å². The predicted molar refractivity (Wildman–Crippen MR) is 71.8 cm³/mol. The molecule has 4 heteroatoms. The van der Waals surface area contributed by atoms with Crippen molar-refractivity contribution in [3.05, 3.63) is 18.0 Å². The van der Waals surface area contributed by atoms with Crippen LogP contribution in [0.4, 0.5) is 0 Å². The standard InChI is InChI=1S/C13H26N4/c1-11(2)17-7-6-12(15-17)8-16(5)10-13(3,4)9-14/h6-7,11H,8-10,14H2,1-5H3. The third-order valence-corrected chi connectivity index (χ3v) is 2.88. The van der Waals surface area contributed by atoms with Gasteiger partial charge in [0.25, 0.3) is 0 Å². The number of hydrogen-bond acceptors (Lipinski definition) is 3. The van der Waals surface area contributed by atoms with Crippen molar-refractivity contribution < 1.29 is 0 Å². The highest BCUT2D eigenvalue weighted by molar-refractivity contribution is 4.99. The van der Waals surface area contributed by atoms with E-state index in [1.165, 1.54) is 0 Å². The maximum atomic E-state index is 5.75. The van der Waals surface area contributed by atoms with E-state index in [2.05, 4.69) is 50.8 Å². The topological polar surface area (TPSA) is 47.1 Å². The number of nitrogens with zero attached hydrogens (tertiary/aromatic N) is 3. The molecule has 98 valence electrons. The van der Waals surface area contributed by atoms with Gasteiger partial charge in [-0.1, -0.05) is 13.8 Å². The molecule has 17 heavy (non-hydrogen) atoms. The van der Waals surface area contributed by atoms with E-state index in [1.807, 2.05) is 10.9 Å². The van der Waals surface area contributed by atoms with Gasteiger partial charge in [-0.05, 0) is 38.9 Å². The summed E-state index contributed by atoms with van der Waals surface area (Å²) in [5, 5.41) is 4.55. The minimum atomic E-state index is 0.162. The highest BCUT2D eigenvalue weighted by Crippen LogP contribution is 2.15. The van der Waals surface area contributed by atoms with Crippen LogP contribution >= 0.6 is 0 Å². The van der Waals surface area contributed by atoms with Crippen LogP contribution in [0.2, 0.25) is 0 Å². The van der Waals surface area contributed by atoms with E-state index >= 15 is 0 Å². The van der Waals surface area contributed by atoms with Crippen molar-refractivity contribution in [2.75, 3.05) is 20.1 Å². The summed E-state index contributed by atoms with van der Waals surface area (Å²) in [5.41, 5.74) is 7.03. The van der Waals surface area contributed by atoms with Crippen LogP contribution in [-0.4, -0.2) is 34.8 Å². The molecule has 4 nitrogen and oxygen atoms in total. The van der Waals surface area contributed by atoms with Crippen LogP contribution in [0.1, 0.15) is 39.4 Å². The minimum absolute atomic E-state index is 0.162. The summed E-state index contributed by atoms with van der Waals surface area (Å²) in [4.78, 5) is 2.28. The first-order valence-corrected chi connectivity index (χ1v) is 6.27. The summed E-state index contributed by atoms with van der Waals surface area (Å²) in [6.07, 6.45) is 2.04. The van der Waals surface area contributed by atoms with Crippen molar-refractivity contribution >= 4 is 0 Å². The first-order chi connectivity index (χ1) is 7.84. The molecule has 0 atom stereocenters. The van der Waals surface area contributed by atoms with Crippen molar-refractivity contribution in [3.8, 4) is 0 Å². The fourth-order valence-electron chi connectivity index (χ4n) is 1.88. The number of nitrogens with two attached hydrogens (primary N) is 1. The van der Waals surface area contributed by atoms with Crippen molar-refractivity contribution in [1.29, 1.82) is 0 Å². The van der Waals surface area contributed by atoms with Crippen molar-refractivity contribution in [2.24, 2.45) is 11.1 Å². The molecule has 1 aromatic heterocycles. The predicted octanol–water partition coefficient (Wildman–Crippen LogP) is 1.88. The molecular weight excluding hydrogens is 212 g/mol. The molecule has 0 fully saturated rings. The average molecular weight is 238 g/mol. The highest BCUT2D eigenvalue weighted by Gasteiger charge is 2.18. The molecule has 0 unspecified atom stereocenters. The van der Waals surface area contributed by atoms with Gasteiger partial charge in [-0.15, -0.1) is 0 Å². The molecule has 2 N–H and O–H groups in total. The molecule has 0 aromatic carbocycles. The molecule has 0 aliphatic rings. The van der Waals surface area contributed by atoms with E-state index < -0.39 is 0 Å². The van der Waals surface area contributed by atoms with Crippen LogP contribution in [-0.2, 0) is 6.54 Å². The summed E-state index contributed by atoms with van der Waals surface area (Å²) >= 11 is 0. The zero-order valence-electron chi connectivity index (χ0n) is 11.8. The Kier molecular flexibility index (Phi) is 4.71. The molecule has 0 saturated heterocycles. The number of aromatic nitrogens is 2. The average Bonchev–Trinajstić information content (AvgIpc) is 2.65. The normalized spacial score (nSPS) is 12.7. The Labute approximate surface area is 105 Å². The molecule has 1 rings (SSSR count). The van der Waals surface area contributed by atoms with Gasteiger partial charge in [0.2, 0.25) is 0 Å². The first-order valence-electron chi connectivity index (χ1n) is 6.27. The van der Waals surface area contributed by atoms with Crippen LogP contribution in [0.5, 0.6) is 0 Å². The second kappa shape index (κ2) is 5.65. The quantitative estimate of drug-likeness (QED) is 0.823. The molecule has 1 aromatic rings. The lowest BCUT2D eigenvalue weighted by atomic mass is 9.93. The SMILES string of the molecule is CC(C)n1ccc(CN(C)CC(C)(C)CN)n1. The molecule has 1 heterocycles. The fourth-order valence-corrected chi connectivity index (χ4v) is 1.88. The summed E-state index contributed by atoms with van der Waals surface area (Å²) in [6.45, 7) is 11.2. The highest BCUT2D eigenvalue weighted by atomic mass is 15.3. The Morgan fingerprint density at radius 1 is 1.47 bits per heavy atom. The van der Waals surface area contributed by atoms with E-state index in [-0.39, 0.29) is 5.41 Å². The summed E-state index contributed by atoms with van der Waals surface area (Å²) in [7, 11) is 2.12. The van der Waals surface area contributed by atoms with Crippen molar-refractivity contribution in [1.82, 2.24) is 14.7 Å². The Hall–Kier alpha value is -0.870. The number of hydrogen-bond donors (Lipinski definition) is 1. The van der Waals surface area contributed by atoms with Gasteiger partial charge in [0, 0.05) is 25.3 Å². The second-order valence-electron chi connectivity index (χ2n) is 5.92. The Bertz CT molecular complexity index is 341. The Morgan fingerprint density at radius 3 is 2.59 bits per heavy atom. The monoisotopic (exact) mass is 238 g/mol. The molecule has 0 amide bonds. The van der Waals surface area contributed by atoms with Crippen LogP contribution < -0.4 is 5.73 Å². The lowest BCUT2D eigenvalue weighted by Crippen LogP contribution is -2.36. The Morgan fingerprint density at radius 2 is 2.12 bits per heavy atom. The van der Waals surface area contributed by atoms with Gasteiger partial charge >= 0.3 is 0 Å². The van der Waals surface area contributed by atoms with Crippen molar-refractivity contribution in [3.63, 3.8) is 0 Å². The molecule has 0 radical (unpaired) electrons. The number of rotatable bonds is 6. The maximum Gasteiger partial charge on any atom is 0.0764 e. The lowest BCUT2D eigenvalue weighted by molar-refractivity contribution is 0.207. The van der Waals surface area contributed by atoms with Crippen LogP contribution in [0, 0.1) is 5.41 Å². The van der Waals surface area contributed by atoms with Gasteiger partial charge in [-0.2, -0.15) is 5.10 Å². The van der Waals surface area contributed by atoms with Gasteiger partial charge in [-0.3, -0.25) is 9.58 Å². The van der Waals surface area contributed by atoms with Gasteiger partial charge in [-0.25, -0.2) is 0 Å². The molecule has 0 aliphatic carbocycles. The van der Waals surface area contributed by atoms with E-state index in [9.17, 15) is 0 Å². The minimum Gasteiger partial charge on any atom is -0.330 e. The maximum absolute atomic E-state index is 5.75. The molecule has 0 spiro atoms. The summed E-state index contributed by atoms with van der Waals surface area (Å²) in [5.74, 6) is 0. The lowest BCUT2D eigenvalue weighted by Gasteiger charge is -2.28. The van der Waals surface area contributed by atoms with E-state index in [0.717, 1.165) is 18.8 Å².